The van der Waals surface area contributed by atoms with Crippen LogP contribution in [0.25, 0.3) is 0 Å². The highest BCUT2D eigenvalue weighted by atomic mass is 16.5. The molecule has 0 atom stereocenters. The van der Waals surface area contributed by atoms with Crippen molar-refractivity contribution in [2.24, 2.45) is 5.41 Å². The highest BCUT2D eigenvalue weighted by Crippen LogP contribution is 2.35. The van der Waals surface area contributed by atoms with Crippen LogP contribution in [-0.2, 0) is 0 Å². The third-order valence-electron chi connectivity index (χ3n) is 4.10. The van der Waals surface area contributed by atoms with Gasteiger partial charge in [0.2, 0.25) is 0 Å². The fourth-order valence-corrected chi connectivity index (χ4v) is 2.39. The van der Waals surface area contributed by atoms with Gasteiger partial charge in [-0.1, -0.05) is 53.4 Å². The Kier molecular flexibility index (Phi) is 9.11. The van der Waals surface area contributed by atoms with E-state index >= 15 is 0 Å². The zero-order valence-corrected chi connectivity index (χ0v) is 13.2. The first-order chi connectivity index (χ1) is 9.07. The summed E-state index contributed by atoms with van der Waals surface area (Å²) in [7, 11) is 1.59. The Morgan fingerprint density at radius 3 is 1.68 bits per heavy atom. The normalized spacial score (nSPS) is 10.6. The molecule has 1 rings (SSSR count). The van der Waals surface area contributed by atoms with Crippen LogP contribution in [0.4, 0.5) is 0 Å². The van der Waals surface area contributed by atoms with E-state index in [-0.39, 0.29) is 5.75 Å². The van der Waals surface area contributed by atoms with Gasteiger partial charge in [-0.15, -0.1) is 0 Å². The molecule has 0 saturated heterocycles. The maximum absolute atomic E-state index is 8.80. The van der Waals surface area contributed by atoms with Gasteiger partial charge in [0.1, 0.15) is 11.5 Å². The van der Waals surface area contributed by atoms with E-state index in [1.807, 2.05) is 0 Å². The van der Waals surface area contributed by atoms with E-state index in [4.69, 9.17) is 9.84 Å². The molecule has 1 aromatic rings. The molecule has 0 aliphatic heterocycles. The quantitative estimate of drug-likeness (QED) is 0.746. The SMILES string of the molecule is CCCC(CC)(CC)CC.COc1ccc(O)cc1. The molecule has 0 unspecified atom stereocenters. The van der Waals surface area contributed by atoms with E-state index in [1.165, 1.54) is 32.1 Å². The molecule has 0 saturated carbocycles. The summed E-state index contributed by atoms with van der Waals surface area (Å²) >= 11 is 0. The van der Waals surface area contributed by atoms with Gasteiger partial charge in [-0.3, -0.25) is 0 Å². The third-order valence-corrected chi connectivity index (χ3v) is 4.10. The summed E-state index contributed by atoms with van der Waals surface area (Å²) in [5, 5.41) is 8.80. The lowest BCUT2D eigenvalue weighted by Crippen LogP contribution is -2.16. The summed E-state index contributed by atoms with van der Waals surface area (Å²) < 4.78 is 4.86. The molecule has 110 valence electrons. The minimum absolute atomic E-state index is 0.260. The van der Waals surface area contributed by atoms with Crippen molar-refractivity contribution in [3.8, 4) is 11.5 Å². The number of rotatable bonds is 6. The summed E-state index contributed by atoms with van der Waals surface area (Å²) in [6, 6.07) is 6.57. The summed E-state index contributed by atoms with van der Waals surface area (Å²) in [5.74, 6) is 1.02. The van der Waals surface area contributed by atoms with Crippen LogP contribution in [-0.4, -0.2) is 12.2 Å². The van der Waals surface area contributed by atoms with Crippen molar-refractivity contribution in [2.75, 3.05) is 7.11 Å². The predicted molar refractivity (Wildman–Crippen MR) is 82.9 cm³/mol. The Hall–Kier alpha value is -1.18. The molecule has 2 nitrogen and oxygen atoms in total. The van der Waals surface area contributed by atoms with Gasteiger partial charge in [0, 0.05) is 0 Å². The second-order valence-corrected chi connectivity index (χ2v) is 5.01. The van der Waals surface area contributed by atoms with Crippen LogP contribution in [0.1, 0.15) is 59.8 Å². The zero-order valence-electron chi connectivity index (χ0n) is 13.2. The largest absolute Gasteiger partial charge is 0.508 e. The summed E-state index contributed by atoms with van der Waals surface area (Å²) in [6.07, 6.45) is 6.82. The zero-order chi connectivity index (χ0) is 14.7. The van der Waals surface area contributed by atoms with Crippen LogP contribution in [0.15, 0.2) is 24.3 Å². The molecule has 1 aromatic carbocycles. The van der Waals surface area contributed by atoms with Gasteiger partial charge in [0.15, 0.2) is 0 Å². The molecule has 0 bridgehead atoms. The van der Waals surface area contributed by atoms with Crippen LogP contribution in [0, 0.1) is 5.41 Å². The second-order valence-electron chi connectivity index (χ2n) is 5.01. The molecule has 0 aliphatic carbocycles. The summed E-state index contributed by atoms with van der Waals surface area (Å²) in [4.78, 5) is 0. The minimum atomic E-state index is 0.260. The molecular formula is C17H30O2. The molecule has 0 fully saturated rings. The van der Waals surface area contributed by atoms with E-state index in [1.54, 1.807) is 31.4 Å². The summed E-state index contributed by atoms with van der Waals surface area (Å²) in [5.41, 5.74) is 0.675. The number of aromatic hydroxyl groups is 1. The highest BCUT2D eigenvalue weighted by Gasteiger charge is 2.21. The lowest BCUT2D eigenvalue weighted by Gasteiger charge is -2.29. The smallest absolute Gasteiger partial charge is 0.119 e. The van der Waals surface area contributed by atoms with Crippen molar-refractivity contribution >= 4 is 0 Å². The molecule has 0 aromatic heterocycles. The lowest BCUT2D eigenvalue weighted by atomic mass is 9.76. The van der Waals surface area contributed by atoms with Crippen molar-refractivity contribution in [3.05, 3.63) is 24.3 Å². The van der Waals surface area contributed by atoms with Gasteiger partial charge in [-0.2, -0.15) is 0 Å². The van der Waals surface area contributed by atoms with Gasteiger partial charge in [-0.05, 0) is 36.1 Å². The molecule has 0 amide bonds. The number of phenols is 1. The van der Waals surface area contributed by atoms with E-state index in [2.05, 4.69) is 27.7 Å². The highest BCUT2D eigenvalue weighted by molar-refractivity contribution is 5.29. The molecule has 0 heterocycles. The maximum atomic E-state index is 8.80. The monoisotopic (exact) mass is 266 g/mol. The first kappa shape index (κ1) is 17.8. The van der Waals surface area contributed by atoms with E-state index < -0.39 is 0 Å². The lowest BCUT2D eigenvalue weighted by molar-refractivity contribution is 0.226. The van der Waals surface area contributed by atoms with Gasteiger partial charge < -0.3 is 9.84 Å². The number of hydrogen-bond acceptors (Lipinski definition) is 2. The molecule has 19 heavy (non-hydrogen) atoms. The fraction of sp³-hybridized carbons (Fsp3) is 0.647. The second kappa shape index (κ2) is 9.71. The Morgan fingerprint density at radius 2 is 1.42 bits per heavy atom. The van der Waals surface area contributed by atoms with Crippen molar-refractivity contribution in [2.45, 2.75) is 59.8 Å². The third kappa shape index (κ3) is 6.51. The number of phenolic OH excluding ortho intramolecular Hbond substituents is 1. The Bertz CT molecular complexity index is 304. The van der Waals surface area contributed by atoms with Crippen molar-refractivity contribution in [1.82, 2.24) is 0 Å². The first-order valence-corrected chi connectivity index (χ1v) is 7.40. The molecule has 1 N–H and O–H groups in total. The van der Waals surface area contributed by atoms with Crippen molar-refractivity contribution < 1.29 is 9.84 Å². The predicted octanol–water partition coefficient (Wildman–Crippen LogP) is 5.40. The Balaban J connectivity index is 0.000000342. The van der Waals surface area contributed by atoms with Crippen molar-refractivity contribution in [3.63, 3.8) is 0 Å². The first-order valence-electron chi connectivity index (χ1n) is 7.40. The Morgan fingerprint density at radius 1 is 0.947 bits per heavy atom. The van der Waals surface area contributed by atoms with E-state index in [9.17, 15) is 0 Å². The van der Waals surface area contributed by atoms with Gasteiger partial charge in [0.05, 0.1) is 7.11 Å². The number of benzene rings is 1. The molecular weight excluding hydrogens is 236 g/mol. The molecule has 2 heteroatoms. The summed E-state index contributed by atoms with van der Waals surface area (Å²) in [6.45, 7) is 9.25. The van der Waals surface area contributed by atoms with Gasteiger partial charge in [0.25, 0.3) is 0 Å². The fourth-order valence-electron chi connectivity index (χ4n) is 2.39. The standard InChI is InChI=1S/C10H22.C7H8O2/c1-5-9-10(6-2,7-3)8-4;1-9-7-4-2-6(8)3-5-7/h5-9H2,1-4H3;2-5,8H,1H3. The Labute approximate surface area is 118 Å². The van der Waals surface area contributed by atoms with Gasteiger partial charge >= 0.3 is 0 Å². The number of methoxy groups -OCH3 is 1. The van der Waals surface area contributed by atoms with E-state index in [0.29, 0.717) is 5.41 Å². The minimum Gasteiger partial charge on any atom is -0.508 e. The van der Waals surface area contributed by atoms with Crippen LogP contribution >= 0.6 is 0 Å². The molecule has 0 radical (unpaired) electrons. The average Bonchev–Trinajstić information content (AvgIpc) is 2.46. The van der Waals surface area contributed by atoms with Crippen LogP contribution in [0.5, 0.6) is 11.5 Å². The van der Waals surface area contributed by atoms with E-state index in [0.717, 1.165) is 5.75 Å². The topological polar surface area (TPSA) is 29.5 Å². The number of hydrogen-bond donors (Lipinski definition) is 1. The number of ether oxygens (including phenoxy) is 1. The van der Waals surface area contributed by atoms with Crippen LogP contribution in [0.2, 0.25) is 0 Å². The van der Waals surface area contributed by atoms with Crippen molar-refractivity contribution in [1.29, 1.82) is 0 Å². The van der Waals surface area contributed by atoms with Gasteiger partial charge in [-0.25, -0.2) is 0 Å². The van der Waals surface area contributed by atoms with Crippen LogP contribution < -0.4 is 4.74 Å². The van der Waals surface area contributed by atoms with Crippen LogP contribution in [0.3, 0.4) is 0 Å². The maximum Gasteiger partial charge on any atom is 0.119 e. The molecule has 0 aliphatic rings. The average molecular weight is 266 g/mol. The molecule has 0 spiro atoms.